The number of non-ortho nitro benzene ring substituents is 1. The molecule has 0 atom stereocenters. The maximum atomic E-state index is 12.4. The lowest BCUT2D eigenvalue weighted by molar-refractivity contribution is -0.384. The van der Waals surface area contributed by atoms with Gasteiger partial charge in [0.05, 0.1) is 29.7 Å². The molecular weight excluding hydrogens is 398 g/mol. The molecule has 2 aromatic carbocycles. The quantitative estimate of drug-likeness (QED) is 0.550. The van der Waals surface area contributed by atoms with Crippen molar-refractivity contribution in [1.82, 2.24) is 0 Å². The SMILES string of the molecule is COc1ccc([N+](=O)[O-])cc1NC(=O)CN(c1ccc(Cl)cc1)S(C)(=O)=O. The molecule has 11 heteroatoms. The van der Waals surface area contributed by atoms with Crippen LogP contribution in [-0.2, 0) is 14.8 Å². The van der Waals surface area contributed by atoms with Gasteiger partial charge < -0.3 is 10.1 Å². The number of hydrogen-bond donors (Lipinski definition) is 1. The summed E-state index contributed by atoms with van der Waals surface area (Å²) in [7, 11) is -2.42. The highest BCUT2D eigenvalue weighted by Gasteiger charge is 2.22. The number of sulfonamides is 1. The Balaban J connectivity index is 2.27. The lowest BCUT2D eigenvalue weighted by Crippen LogP contribution is -2.37. The van der Waals surface area contributed by atoms with E-state index in [4.69, 9.17) is 16.3 Å². The lowest BCUT2D eigenvalue weighted by atomic mass is 10.2. The van der Waals surface area contributed by atoms with Crippen molar-refractivity contribution in [3.05, 3.63) is 57.6 Å². The van der Waals surface area contributed by atoms with E-state index >= 15 is 0 Å². The van der Waals surface area contributed by atoms with E-state index in [0.717, 1.165) is 16.6 Å². The normalized spacial score (nSPS) is 10.9. The topological polar surface area (TPSA) is 119 Å². The van der Waals surface area contributed by atoms with E-state index in [0.29, 0.717) is 5.02 Å². The number of nitrogens with zero attached hydrogens (tertiary/aromatic N) is 2. The zero-order valence-corrected chi connectivity index (χ0v) is 16.0. The first-order chi connectivity index (χ1) is 12.6. The molecule has 0 aliphatic rings. The number of nitro benzene ring substituents is 1. The minimum Gasteiger partial charge on any atom is -0.495 e. The van der Waals surface area contributed by atoms with Crippen LogP contribution in [0.4, 0.5) is 17.1 Å². The fourth-order valence-electron chi connectivity index (χ4n) is 2.23. The minimum atomic E-state index is -3.77. The number of nitro groups is 1. The molecule has 2 aromatic rings. The second-order valence-electron chi connectivity index (χ2n) is 5.44. The number of halogens is 1. The Hall–Kier alpha value is -2.85. The summed E-state index contributed by atoms with van der Waals surface area (Å²) in [6, 6.07) is 9.61. The molecule has 0 saturated carbocycles. The number of benzene rings is 2. The monoisotopic (exact) mass is 413 g/mol. The fourth-order valence-corrected chi connectivity index (χ4v) is 3.22. The van der Waals surface area contributed by atoms with Crippen LogP contribution in [0.2, 0.25) is 5.02 Å². The van der Waals surface area contributed by atoms with Crippen LogP contribution in [0.25, 0.3) is 0 Å². The zero-order chi connectivity index (χ0) is 20.2. The minimum absolute atomic E-state index is 0.0567. The summed E-state index contributed by atoms with van der Waals surface area (Å²) in [6.45, 7) is -0.535. The average molecular weight is 414 g/mol. The van der Waals surface area contributed by atoms with Gasteiger partial charge in [-0.05, 0) is 30.3 Å². The Morgan fingerprint density at radius 1 is 1.26 bits per heavy atom. The van der Waals surface area contributed by atoms with E-state index < -0.39 is 27.4 Å². The fraction of sp³-hybridized carbons (Fsp3) is 0.188. The molecule has 144 valence electrons. The van der Waals surface area contributed by atoms with Gasteiger partial charge in [-0.2, -0.15) is 0 Å². The maximum Gasteiger partial charge on any atom is 0.271 e. The van der Waals surface area contributed by atoms with Crippen LogP contribution in [0.15, 0.2) is 42.5 Å². The number of anilines is 2. The van der Waals surface area contributed by atoms with Gasteiger partial charge in [-0.15, -0.1) is 0 Å². The Morgan fingerprint density at radius 2 is 1.89 bits per heavy atom. The van der Waals surface area contributed by atoms with Gasteiger partial charge >= 0.3 is 0 Å². The molecule has 0 aliphatic heterocycles. The molecule has 9 nitrogen and oxygen atoms in total. The maximum absolute atomic E-state index is 12.4. The highest BCUT2D eigenvalue weighted by atomic mass is 35.5. The summed E-state index contributed by atoms with van der Waals surface area (Å²) in [5, 5.41) is 13.8. The number of carbonyl (C=O) groups excluding carboxylic acids is 1. The first-order valence-corrected chi connectivity index (χ1v) is 9.70. The van der Waals surface area contributed by atoms with Crippen molar-refractivity contribution in [3.63, 3.8) is 0 Å². The summed E-state index contributed by atoms with van der Waals surface area (Å²) in [5.41, 5.74) is 0.0630. The molecule has 0 unspecified atom stereocenters. The Kier molecular flexibility index (Phi) is 6.24. The Bertz CT molecular complexity index is 963. The van der Waals surface area contributed by atoms with Crippen LogP contribution < -0.4 is 14.4 Å². The predicted octanol–water partition coefficient (Wildman–Crippen LogP) is 2.66. The highest BCUT2D eigenvalue weighted by Crippen LogP contribution is 2.29. The molecule has 2 rings (SSSR count). The Morgan fingerprint density at radius 3 is 2.41 bits per heavy atom. The van der Waals surface area contributed by atoms with E-state index in [1.807, 2.05) is 0 Å². The van der Waals surface area contributed by atoms with Gasteiger partial charge in [0.1, 0.15) is 12.3 Å². The van der Waals surface area contributed by atoms with Crippen molar-refractivity contribution in [2.24, 2.45) is 0 Å². The van der Waals surface area contributed by atoms with Crippen molar-refractivity contribution in [2.45, 2.75) is 0 Å². The van der Waals surface area contributed by atoms with Crippen LogP contribution in [0, 0.1) is 10.1 Å². The van der Waals surface area contributed by atoms with Gasteiger partial charge in [0.15, 0.2) is 0 Å². The zero-order valence-electron chi connectivity index (χ0n) is 14.4. The molecule has 0 bridgehead atoms. The second-order valence-corrected chi connectivity index (χ2v) is 7.78. The molecule has 27 heavy (non-hydrogen) atoms. The number of methoxy groups -OCH3 is 1. The molecule has 0 aliphatic carbocycles. The number of rotatable bonds is 7. The second kappa shape index (κ2) is 8.23. The number of nitrogens with one attached hydrogen (secondary N) is 1. The van der Waals surface area contributed by atoms with Crippen LogP contribution in [0.5, 0.6) is 5.75 Å². The Labute approximate surface area is 160 Å². The molecule has 1 amide bonds. The number of amides is 1. The van der Waals surface area contributed by atoms with Crippen molar-refractivity contribution in [3.8, 4) is 5.75 Å². The van der Waals surface area contributed by atoms with Crippen molar-refractivity contribution in [1.29, 1.82) is 0 Å². The first-order valence-electron chi connectivity index (χ1n) is 7.47. The van der Waals surface area contributed by atoms with Gasteiger partial charge in [-0.3, -0.25) is 19.2 Å². The van der Waals surface area contributed by atoms with E-state index in [1.165, 1.54) is 43.5 Å². The van der Waals surface area contributed by atoms with Crippen LogP contribution >= 0.6 is 11.6 Å². The van der Waals surface area contributed by atoms with Gasteiger partial charge in [-0.25, -0.2) is 8.42 Å². The van der Waals surface area contributed by atoms with Crippen molar-refractivity contribution < 1.29 is 22.9 Å². The van der Waals surface area contributed by atoms with Gasteiger partial charge in [0, 0.05) is 17.2 Å². The average Bonchev–Trinajstić information content (AvgIpc) is 2.59. The molecule has 0 heterocycles. The number of hydrogen-bond acceptors (Lipinski definition) is 6. The standard InChI is InChI=1S/C16H16ClN3O6S/c1-26-15-8-7-13(20(22)23)9-14(15)18-16(21)10-19(27(2,24)25)12-5-3-11(17)4-6-12/h3-9H,10H2,1-2H3,(H,18,21). The summed E-state index contributed by atoms with van der Waals surface area (Å²) in [6.07, 6.45) is 0.961. The largest absolute Gasteiger partial charge is 0.495 e. The predicted molar refractivity (Wildman–Crippen MR) is 102 cm³/mol. The molecule has 0 saturated heterocycles. The summed E-state index contributed by atoms with van der Waals surface area (Å²) in [4.78, 5) is 22.7. The van der Waals surface area contributed by atoms with E-state index in [2.05, 4.69) is 5.32 Å². The third-order valence-corrected chi connectivity index (χ3v) is 4.86. The molecule has 1 N–H and O–H groups in total. The van der Waals surface area contributed by atoms with Crippen LogP contribution in [0.3, 0.4) is 0 Å². The molecular formula is C16H16ClN3O6S. The molecule has 0 spiro atoms. The van der Waals surface area contributed by atoms with Crippen LogP contribution in [0.1, 0.15) is 0 Å². The third-order valence-electron chi connectivity index (χ3n) is 3.47. The molecule has 0 fully saturated rings. The summed E-state index contributed by atoms with van der Waals surface area (Å²) in [5.74, 6) is -0.500. The third kappa shape index (κ3) is 5.31. The van der Waals surface area contributed by atoms with Crippen LogP contribution in [-0.4, -0.2) is 39.2 Å². The lowest BCUT2D eigenvalue weighted by Gasteiger charge is -2.22. The number of ether oxygens (including phenoxy) is 1. The highest BCUT2D eigenvalue weighted by molar-refractivity contribution is 7.92. The number of carbonyl (C=O) groups is 1. The van der Waals surface area contributed by atoms with Gasteiger partial charge in [0.25, 0.3) is 5.69 Å². The summed E-state index contributed by atoms with van der Waals surface area (Å²) >= 11 is 5.80. The van der Waals surface area contributed by atoms with Gasteiger partial charge in [-0.1, -0.05) is 11.6 Å². The smallest absolute Gasteiger partial charge is 0.271 e. The van der Waals surface area contributed by atoms with Crippen molar-refractivity contribution in [2.75, 3.05) is 29.5 Å². The van der Waals surface area contributed by atoms with Gasteiger partial charge in [0.2, 0.25) is 15.9 Å². The molecule has 0 radical (unpaired) electrons. The van der Waals surface area contributed by atoms with Crippen molar-refractivity contribution >= 4 is 44.6 Å². The van der Waals surface area contributed by atoms with E-state index in [9.17, 15) is 23.3 Å². The van der Waals surface area contributed by atoms with E-state index in [1.54, 1.807) is 0 Å². The van der Waals surface area contributed by atoms with E-state index in [-0.39, 0.29) is 22.8 Å². The molecule has 0 aromatic heterocycles. The summed E-state index contributed by atoms with van der Waals surface area (Å²) < 4.78 is 30.1. The first kappa shape index (κ1) is 20.5.